The number of amides is 1. The van der Waals surface area contributed by atoms with Gasteiger partial charge in [0.1, 0.15) is 5.00 Å². The first-order valence-electron chi connectivity index (χ1n) is 10.1. The molecule has 4 rings (SSSR count). The summed E-state index contributed by atoms with van der Waals surface area (Å²) in [6, 6.07) is 18.8. The molecule has 0 unspecified atom stereocenters. The highest BCUT2D eigenvalue weighted by atomic mass is 32.1. The highest BCUT2D eigenvalue weighted by molar-refractivity contribution is 7.16. The fraction of sp³-hybridized carbons (Fsp3) is 0.292. The van der Waals surface area contributed by atoms with E-state index in [0.29, 0.717) is 13.2 Å². The molecule has 0 fully saturated rings. The average Bonchev–Trinajstić information content (AvgIpc) is 3.14. The lowest BCUT2D eigenvalue weighted by molar-refractivity contribution is 0.101. The molecule has 3 aromatic rings. The van der Waals surface area contributed by atoms with Gasteiger partial charge in [0.05, 0.1) is 18.8 Å². The van der Waals surface area contributed by atoms with Crippen LogP contribution in [-0.2, 0) is 30.6 Å². The molecule has 0 saturated heterocycles. The Hall–Kier alpha value is -2.63. The number of carbonyl (C=O) groups is 1. The van der Waals surface area contributed by atoms with Crippen molar-refractivity contribution < 1.29 is 9.53 Å². The zero-order valence-electron chi connectivity index (χ0n) is 16.7. The molecule has 1 aromatic heterocycles. The zero-order chi connectivity index (χ0) is 20.1. The van der Waals surface area contributed by atoms with E-state index in [-0.39, 0.29) is 5.91 Å². The van der Waals surface area contributed by atoms with E-state index < -0.39 is 0 Å². The zero-order valence-corrected chi connectivity index (χ0v) is 17.5. The molecule has 0 saturated carbocycles. The summed E-state index contributed by atoms with van der Waals surface area (Å²) < 4.78 is 5.53. The van der Waals surface area contributed by atoms with Gasteiger partial charge in [0, 0.05) is 17.6 Å². The Morgan fingerprint density at radius 2 is 1.76 bits per heavy atom. The molecule has 1 aliphatic rings. The van der Waals surface area contributed by atoms with Crippen molar-refractivity contribution in [1.29, 1.82) is 0 Å². The van der Waals surface area contributed by atoms with Crippen LogP contribution in [0.3, 0.4) is 0 Å². The largest absolute Gasteiger partial charge is 0.379 e. The molecule has 0 atom stereocenters. The second-order valence-electron chi connectivity index (χ2n) is 7.25. The van der Waals surface area contributed by atoms with Crippen LogP contribution < -0.4 is 10.6 Å². The maximum atomic E-state index is 13.0. The van der Waals surface area contributed by atoms with E-state index >= 15 is 0 Å². The van der Waals surface area contributed by atoms with Crippen molar-refractivity contribution in [2.75, 3.05) is 24.3 Å². The van der Waals surface area contributed by atoms with Gasteiger partial charge >= 0.3 is 0 Å². The van der Waals surface area contributed by atoms with E-state index in [9.17, 15) is 4.79 Å². The molecule has 2 aromatic carbocycles. The van der Waals surface area contributed by atoms with Crippen molar-refractivity contribution in [3.05, 3.63) is 81.7 Å². The summed E-state index contributed by atoms with van der Waals surface area (Å²) in [6.07, 6.45) is 4.02. The lowest BCUT2D eigenvalue weighted by Crippen LogP contribution is -2.17. The van der Waals surface area contributed by atoms with E-state index in [0.717, 1.165) is 52.4 Å². The normalized spacial score (nSPS) is 13.0. The second kappa shape index (κ2) is 9.25. The van der Waals surface area contributed by atoms with Crippen molar-refractivity contribution >= 4 is 27.9 Å². The SMILES string of the molecule is CNc1sc2c(c1C(=O)Nc1ccc(CCCc3ccccc3)cc1)CCOC2. The summed E-state index contributed by atoms with van der Waals surface area (Å²) >= 11 is 1.61. The number of ether oxygens (including phenoxy) is 1. The molecule has 0 radical (unpaired) electrons. The van der Waals surface area contributed by atoms with Gasteiger partial charge in [-0.25, -0.2) is 0 Å². The van der Waals surface area contributed by atoms with Crippen molar-refractivity contribution in [3.63, 3.8) is 0 Å². The summed E-state index contributed by atoms with van der Waals surface area (Å²) in [4.78, 5) is 14.1. The van der Waals surface area contributed by atoms with Gasteiger partial charge in [-0.15, -0.1) is 11.3 Å². The maximum Gasteiger partial charge on any atom is 0.258 e. The van der Waals surface area contributed by atoms with Gasteiger partial charge in [-0.1, -0.05) is 42.5 Å². The molecule has 2 N–H and O–H groups in total. The number of hydrogen-bond acceptors (Lipinski definition) is 4. The van der Waals surface area contributed by atoms with E-state index in [2.05, 4.69) is 53.1 Å². The minimum atomic E-state index is -0.0504. The van der Waals surface area contributed by atoms with Crippen molar-refractivity contribution in [2.24, 2.45) is 0 Å². The number of anilines is 2. The van der Waals surface area contributed by atoms with Crippen molar-refractivity contribution in [1.82, 2.24) is 0 Å². The Balaban J connectivity index is 1.37. The molecule has 0 spiro atoms. The summed E-state index contributed by atoms with van der Waals surface area (Å²) in [5, 5.41) is 7.15. The van der Waals surface area contributed by atoms with Crippen LogP contribution >= 0.6 is 11.3 Å². The molecule has 0 aliphatic carbocycles. The monoisotopic (exact) mass is 406 g/mol. The van der Waals surface area contributed by atoms with Crippen LogP contribution in [0.25, 0.3) is 0 Å². The Bertz CT molecular complexity index is 965. The highest BCUT2D eigenvalue weighted by Crippen LogP contribution is 2.36. The number of hydrogen-bond donors (Lipinski definition) is 2. The lowest BCUT2D eigenvalue weighted by Gasteiger charge is -2.14. The number of thiophene rings is 1. The highest BCUT2D eigenvalue weighted by Gasteiger charge is 2.25. The third-order valence-electron chi connectivity index (χ3n) is 5.26. The minimum Gasteiger partial charge on any atom is -0.379 e. The van der Waals surface area contributed by atoms with Crippen LogP contribution in [0.15, 0.2) is 54.6 Å². The first-order valence-corrected chi connectivity index (χ1v) is 10.9. The minimum absolute atomic E-state index is 0.0504. The smallest absolute Gasteiger partial charge is 0.258 e. The Morgan fingerprint density at radius 3 is 2.48 bits per heavy atom. The molecule has 1 amide bonds. The van der Waals surface area contributed by atoms with Crippen LogP contribution in [0.2, 0.25) is 0 Å². The van der Waals surface area contributed by atoms with E-state index in [4.69, 9.17) is 4.74 Å². The Kier molecular flexibility index (Phi) is 6.27. The quantitative estimate of drug-likeness (QED) is 0.560. The summed E-state index contributed by atoms with van der Waals surface area (Å²) in [5.74, 6) is -0.0504. The second-order valence-corrected chi connectivity index (χ2v) is 8.36. The van der Waals surface area contributed by atoms with E-state index in [1.165, 1.54) is 11.1 Å². The van der Waals surface area contributed by atoms with Crippen LogP contribution in [0.4, 0.5) is 10.7 Å². The number of rotatable bonds is 7. The Morgan fingerprint density at radius 1 is 1.03 bits per heavy atom. The third-order valence-corrected chi connectivity index (χ3v) is 6.48. The molecule has 5 heteroatoms. The molecule has 1 aliphatic heterocycles. The van der Waals surface area contributed by atoms with Gasteiger partial charge in [0.25, 0.3) is 5.91 Å². The van der Waals surface area contributed by atoms with Gasteiger partial charge in [-0.05, 0) is 54.5 Å². The van der Waals surface area contributed by atoms with Gasteiger partial charge < -0.3 is 15.4 Å². The van der Waals surface area contributed by atoms with Crippen molar-refractivity contribution in [2.45, 2.75) is 32.3 Å². The van der Waals surface area contributed by atoms with Crippen molar-refractivity contribution in [3.8, 4) is 0 Å². The van der Waals surface area contributed by atoms with E-state index in [1.54, 1.807) is 11.3 Å². The van der Waals surface area contributed by atoms with Gasteiger partial charge in [-0.2, -0.15) is 0 Å². The summed E-state index contributed by atoms with van der Waals surface area (Å²) in [6.45, 7) is 1.27. The molecular weight excluding hydrogens is 380 g/mol. The number of carbonyl (C=O) groups excluding carboxylic acids is 1. The molecule has 4 nitrogen and oxygen atoms in total. The first kappa shape index (κ1) is 19.7. The van der Waals surface area contributed by atoms with Gasteiger partial charge in [0.2, 0.25) is 0 Å². The molecule has 29 heavy (non-hydrogen) atoms. The topological polar surface area (TPSA) is 50.4 Å². The molecule has 2 heterocycles. The predicted molar refractivity (Wildman–Crippen MR) is 120 cm³/mol. The predicted octanol–water partition coefficient (Wildman–Crippen LogP) is 5.29. The van der Waals surface area contributed by atoms with Crippen LogP contribution in [0.1, 0.15) is 38.3 Å². The molecular formula is C24H26N2O2S. The van der Waals surface area contributed by atoms with Crippen LogP contribution in [0, 0.1) is 0 Å². The summed E-state index contributed by atoms with van der Waals surface area (Å²) in [5.41, 5.74) is 5.39. The Labute approximate surface area is 175 Å². The number of nitrogens with one attached hydrogen (secondary N) is 2. The van der Waals surface area contributed by atoms with Gasteiger partial charge in [-0.3, -0.25) is 4.79 Å². The average molecular weight is 407 g/mol. The third kappa shape index (κ3) is 4.69. The number of benzene rings is 2. The fourth-order valence-corrected chi connectivity index (χ4v) is 4.87. The number of aryl methyl sites for hydroxylation is 2. The van der Waals surface area contributed by atoms with Crippen LogP contribution in [-0.4, -0.2) is 19.6 Å². The van der Waals surface area contributed by atoms with E-state index in [1.807, 2.05) is 19.2 Å². The van der Waals surface area contributed by atoms with Crippen LogP contribution in [0.5, 0.6) is 0 Å². The van der Waals surface area contributed by atoms with Gasteiger partial charge in [0.15, 0.2) is 0 Å². The fourth-order valence-electron chi connectivity index (χ4n) is 3.74. The first-order chi connectivity index (χ1) is 14.2. The lowest BCUT2D eigenvalue weighted by atomic mass is 10.0. The summed E-state index contributed by atoms with van der Waals surface area (Å²) in [7, 11) is 1.86. The molecule has 0 bridgehead atoms. The standard InChI is InChI=1S/C24H26N2O2S/c1-25-24-22(20-14-15-28-16-21(20)29-24)23(27)26-19-12-10-18(11-13-19)9-5-8-17-6-3-2-4-7-17/h2-4,6-7,10-13,25H,5,8-9,14-16H2,1H3,(H,26,27). The maximum absolute atomic E-state index is 13.0. The number of fused-ring (bicyclic) bond motifs is 1. The molecule has 150 valence electrons.